The van der Waals surface area contributed by atoms with Crippen LogP contribution in [0.2, 0.25) is 0 Å². The first-order valence-corrected chi connectivity index (χ1v) is 10.2. The lowest BCUT2D eigenvalue weighted by molar-refractivity contribution is 0.327. The minimum atomic E-state index is -3.29. The van der Waals surface area contributed by atoms with E-state index in [4.69, 9.17) is 4.74 Å². The van der Waals surface area contributed by atoms with Crippen molar-refractivity contribution in [3.63, 3.8) is 0 Å². The molecule has 0 aliphatic heterocycles. The van der Waals surface area contributed by atoms with Gasteiger partial charge in [-0.25, -0.2) is 8.42 Å². The number of methoxy groups -OCH3 is 1. The number of benzene rings is 1. The van der Waals surface area contributed by atoms with Gasteiger partial charge in [-0.05, 0) is 36.5 Å². The quantitative estimate of drug-likeness (QED) is 0.572. The summed E-state index contributed by atoms with van der Waals surface area (Å²) >= 11 is 3.57. The highest BCUT2D eigenvalue weighted by atomic mass is 79.9. The first kappa shape index (κ1) is 16.8. The van der Waals surface area contributed by atoms with Crippen LogP contribution in [-0.2, 0) is 9.84 Å². The van der Waals surface area contributed by atoms with Crippen molar-refractivity contribution in [1.29, 1.82) is 0 Å². The fourth-order valence-corrected chi connectivity index (χ4v) is 6.04. The summed E-state index contributed by atoms with van der Waals surface area (Å²) in [5.41, 5.74) is -0.127. The summed E-state index contributed by atoms with van der Waals surface area (Å²) in [4.78, 5) is 0.367. The number of halogens is 1. The largest absolute Gasteiger partial charge is 0.497 e. The summed E-state index contributed by atoms with van der Waals surface area (Å²) in [6, 6.07) is 6.79. The molecule has 0 unspecified atom stereocenters. The van der Waals surface area contributed by atoms with Gasteiger partial charge in [0.15, 0.2) is 9.84 Å². The minimum absolute atomic E-state index is 0.127. The highest BCUT2D eigenvalue weighted by molar-refractivity contribution is 9.09. The average Bonchev–Trinajstić information content (AvgIpc) is 2.73. The van der Waals surface area contributed by atoms with Gasteiger partial charge in [0.05, 0.1) is 17.8 Å². The molecular formula is C16H23BrO3S. The fourth-order valence-electron chi connectivity index (χ4n) is 3.08. The van der Waals surface area contributed by atoms with Crippen LogP contribution in [0.3, 0.4) is 0 Å². The third kappa shape index (κ3) is 4.22. The Balaban J connectivity index is 2.25. The normalized spacial score (nSPS) is 19.0. The molecule has 1 aliphatic rings. The lowest BCUT2D eigenvalue weighted by Gasteiger charge is -2.30. The van der Waals surface area contributed by atoms with Gasteiger partial charge in [0, 0.05) is 5.33 Å². The van der Waals surface area contributed by atoms with Crippen LogP contribution in [0.4, 0.5) is 0 Å². The van der Waals surface area contributed by atoms with Crippen molar-refractivity contribution >= 4 is 25.8 Å². The van der Waals surface area contributed by atoms with Crippen molar-refractivity contribution in [2.24, 2.45) is 5.41 Å². The predicted octanol–water partition coefficient (Wildman–Crippen LogP) is 4.20. The topological polar surface area (TPSA) is 43.4 Å². The SMILES string of the molecule is COc1cccc(S(=O)(=O)CC2(CBr)CCCCCC2)c1. The van der Waals surface area contributed by atoms with E-state index in [-0.39, 0.29) is 11.2 Å². The molecule has 0 radical (unpaired) electrons. The van der Waals surface area contributed by atoms with Crippen LogP contribution >= 0.6 is 15.9 Å². The van der Waals surface area contributed by atoms with Gasteiger partial charge >= 0.3 is 0 Å². The van der Waals surface area contributed by atoms with Crippen LogP contribution < -0.4 is 4.74 Å². The molecular weight excluding hydrogens is 352 g/mol. The fraction of sp³-hybridized carbons (Fsp3) is 0.625. The molecule has 21 heavy (non-hydrogen) atoms. The standard InChI is InChI=1S/C16H23BrO3S/c1-20-14-7-6-8-15(11-14)21(18,19)13-16(12-17)9-4-2-3-5-10-16/h6-8,11H,2-5,9-10,12-13H2,1H3. The zero-order chi connectivity index (χ0) is 15.3. The molecule has 0 atom stereocenters. The van der Waals surface area contributed by atoms with Gasteiger partial charge in [-0.1, -0.05) is 47.7 Å². The number of hydrogen-bond donors (Lipinski definition) is 0. The molecule has 1 aromatic carbocycles. The third-order valence-electron chi connectivity index (χ3n) is 4.34. The van der Waals surface area contributed by atoms with Gasteiger partial charge in [-0.2, -0.15) is 0 Å². The van der Waals surface area contributed by atoms with E-state index in [1.54, 1.807) is 31.4 Å². The van der Waals surface area contributed by atoms with Crippen LogP contribution in [0.25, 0.3) is 0 Å². The van der Waals surface area contributed by atoms with Crippen molar-refractivity contribution in [2.75, 3.05) is 18.2 Å². The summed E-state index contributed by atoms with van der Waals surface area (Å²) in [5.74, 6) is 0.808. The van der Waals surface area contributed by atoms with E-state index in [9.17, 15) is 8.42 Å². The molecule has 0 spiro atoms. The zero-order valence-electron chi connectivity index (χ0n) is 12.5. The van der Waals surface area contributed by atoms with Gasteiger partial charge in [0.1, 0.15) is 5.75 Å². The van der Waals surface area contributed by atoms with Gasteiger partial charge < -0.3 is 4.74 Å². The maximum absolute atomic E-state index is 12.8. The predicted molar refractivity (Wildman–Crippen MR) is 89.0 cm³/mol. The Morgan fingerprint density at radius 3 is 2.43 bits per heavy atom. The van der Waals surface area contributed by atoms with Gasteiger partial charge in [-0.3, -0.25) is 0 Å². The first-order chi connectivity index (χ1) is 10.0. The summed E-state index contributed by atoms with van der Waals surface area (Å²) in [6.45, 7) is 0. The Hall–Kier alpha value is -0.550. The van der Waals surface area contributed by atoms with Gasteiger partial charge in [0.2, 0.25) is 0 Å². The highest BCUT2D eigenvalue weighted by Gasteiger charge is 2.35. The second kappa shape index (κ2) is 7.14. The Morgan fingerprint density at radius 1 is 1.19 bits per heavy atom. The van der Waals surface area contributed by atoms with E-state index >= 15 is 0 Å². The van der Waals surface area contributed by atoms with Crippen molar-refractivity contribution in [1.82, 2.24) is 0 Å². The molecule has 0 heterocycles. The first-order valence-electron chi connectivity index (χ1n) is 7.44. The average molecular weight is 375 g/mol. The lowest BCUT2D eigenvalue weighted by Crippen LogP contribution is -2.31. The number of ether oxygens (including phenoxy) is 1. The Bertz CT molecular complexity index is 561. The molecule has 1 fully saturated rings. The van der Waals surface area contributed by atoms with Gasteiger partial charge in [-0.15, -0.1) is 0 Å². The summed E-state index contributed by atoms with van der Waals surface area (Å²) < 4.78 is 30.7. The second-order valence-corrected chi connectivity index (χ2v) is 8.54. The highest BCUT2D eigenvalue weighted by Crippen LogP contribution is 2.39. The van der Waals surface area contributed by atoms with E-state index in [1.807, 2.05) is 0 Å². The van der Waals surface area contributed by atoms with E-state index in [0.717, 1.165) is 31.0 Å². The monoisotopic (exact) mass is 374 g/mol. The maximum Gasteiger partial charge on any atom is 0.179 e. The maximum atomic E-state index is 12.8. The van der Waals surface area contributed by atoms with E-state index in [0.29, 0.717) is 10.6 Å². The molecule has 1 aliphatic carbocycles. The van der Waals surface area contributed by atoms with E-state index < -0.39 is 9.84 Å². The number of alkyl halides is 1. The van der Waals surface area contributed by atoms with Gasteiger partial charge in [0.25, 0.3) is 0 Å². The number of hydrogen-bond acceptors (Lipinski definition) is 3. The lowest BCUT2D eigenvalue weighted by atomic mass is 9.85. The Kier molecular flexibility index (Phi) is 5.72. The third-order valence-corrected chi connectivity index (χ3v) is 7.50. The van der Waals surface area contributed by atoms with Crippen molar-refractivity contribution in [2.45, 2.75) is 43.4 Å². The molecule has 118 valence electrons. The molecule has 0 saturated heterocycles. The van der Waals surface area contributed by atoms with Crippen LogP contribution in [0, 0.1) is 5.41 Å². The van der Waals surface area contributed by atoms with Crippen molar-refractivity contribution < 1.29 is 13.2 Å². The molecule has 5 heteroatoms. The summed E-state index contributed by atoms with van der Waals surface area (Å²) in [5, 5.41) is 0.753. The van der Waals surface area contributed by atoms with Crippen molar-refractivity contribution in [3.8, 4) is 5.75 Å². The zero-order valence-corrected chi connectivity index (χ0v) is 14.9. The smallest absolute Gasteiger partial charge is 0.179 e. The van der Waals surface area contributed by atoms with Crippen LogP contribution in [-0.4, -0.2) is 26.6 Å². The molecule has 0 aromatic heterocycles. The molecule has 3 nitrogen and oxygen atoms in total. The van der Waals surface area contributed by atoms with Crippen LogP contribution in [0.15, 0.2) is 29.2 Å². The minimum Gasteiger partial charge on any atom is -0.497 e. The summed E-state index contributed by atoms with van der Waals surface area (Å²) in [7, 11) is -1.74. The summed E-state index contributed by atoms with van der Waals surface area (Å²) in [6.07, 6.45) is 6.66. The van der Waals surface area contributed by atoms with Crippen LogP contribution in [0.5, 0.6) is 5.75 Å². The number of sulfone groups is 1. The van der Waals surface area contributed by atoms with E-state index in [1.165, 1.54) is 12.8 Å². The number of rotatable bonds is 5. The molecule has 0 amide bonds. The molecule has 1 saturated carbocycles. The Labute approximate surface area is 136 Å². The van der Waals surface area contributed by atoms with Crippen LogP contribution in [0.1, 0.15) is 38.5 Å². The molecule has 0 N–H and O–H groups in total. The second-order valence-electron chi connectivity index (χ2n) is 5.99. The molecule has 1 aromatic rings. The van der Waals surface area contributed by atoms with Crippen molar-refractivity contribution in [3.05, 3.63) is 24.3 Å². The van der Waals surface area contributed by atoms with E-state index in [2.05, 4.69) is 15.9 Å². The molecule has 0 bridgehead atoms. The molecule has 2 rings (SSSR count). The Morgan fingerprint density at radius 2 is 1.86 bits per heavy atom.